The standard InChI is InChI=1S/C6H10N2S/c1-5(9)4-6-7-2-3-8-6/h2-3,5,9H,4H2,1H3,(H,7,8)/t5-/m0/s1. The lowest BCUT2D eigenvalue weighted by atomic mass is 10.3. The van der Waals surface area contributed by atoms with Gasteiger partial charge in [0.2, 0.25) is 0 Å². The van der Waals surface area contributed by atoms with Gasteiger partial charge in [0, 0.05) is 24.1 Å². The zero-order chi connectivity index (χ0) is 6.69. The summed E-state index contributed by atoms with van der Waals surface area (Å²) in [6.07, 6.45) is 4.49. The number of nitrogens with one attached hydrogen (secondary N) is 1. The summed E-state index contributed by atoms with van der Waals surface area (Å²) in [7, 11) is 0. The average molecular weight is 142 g/mol. The highest BCUT2D eigenvalue weighted by atomic mass is 32.1. The van der Waals surface area contributed by atoms with E-state index in [1.54, 1.807) is 6.20 Å². The van der Waals surface area contributed by atoms with E-state index in [-0.39, 0.29) is 0 Å². The van der Waals surface area contributed by atoms with Crippen LogP contribution in [-0.2, 0) is 6.42 Å². The summed E-state index contributed by atoms with van der Waals surface area (Å²) in [4.78, 5) is 7.06. The summed E-state index contributed by atoms with van der Waals surface area (Å²) in [6, 6.07) is 0. The lowest BCUT2D eigenvalue weighted by Crippen LogP contribution is -1.98. The van der Waals surface area contributed by atoms with Crippen LogP contribution in [0.5, 0.6) is 0 Å². The van der Waals surface area contributed by atoms with Gasteiger partial charge in [-0.2, -0.15) is 12.6 Å². The Labute approximate surface area is 60.1 Å². The molecule has 50 valence electrons. The molecule has 0 fully saturated rings. The molecule has 0 aliphatic heterocycles. The van der Waals surface area contributed by atoms with Gasteiger partial charge >= 0.3 is 0 Å². The van der Waals surface area contributed by atoms with E-state index in [2.05, 4.69) is 22.6 Å². The number of aromatic amines is 1. The lowest BCUT2D eigenvalue weighted by Gasteiger charge is -1.97. The maximum Gasteiger partial charge on any atom is 0.107 e. The predicted molar refractivity (Wildman–Crippen MR) is 40.7 cm³/mol. The Morgan fingerprint density at radius 2 is 2.67 bits per heavy atom. The van der Waals surface area contributed by atoms with Crippen LogP contribution in [0.4, 0.5) is 0 Å². The van der Waals surface area contributed by atoms with Crippen molar-refractivity contribution >= 4 is 12.6 Å². The third kappa shape index (κ3) is 2.10. The molecule has 0 aliphatic rings. The molecule has 1 aromatic rings. The van der Waals surface area contributed by atoms with Crippen molar-refractivity contribution in [2.75, 3.05) is 0 Å². The maximum atomic E-state index is 4.22. The van der Waals surface area contributed by atoms with Crippen LogP contribution in [0.2, 0.25) is 0 Å². The zero-order valence-corrected chi connectivity index (χ0v) is 6.23. The number of nitrogens with zero attached hydrogens (tertiary/aromatic N) is 1. The minimum Gasteiger partial charge on any atom is -0.349 e. The topological polar surface area (TPSA) is 28.7 Å². The molecule has 2 nitrogen and oxygen atoms in total. The van der Waals surface area contributed by atoms with E-state index >= 15 is 0 Å². The van der Waals surface area contributed by atoms with Crippen LogP contribution >= 0.6 is 12.6 Å². The number of hydrogen-bond donors (Lipinski definition) is 2. The van der Waals surface area contributed by atoms with Crippen LogP contribution in [-0.4, -0.2) is 15.2 Å². The molecule has 0 unspecified atom stereocenters. The van der Waals surface area contributed by atoms with E-state index in [4.69, 9.17) is 0 Å². The normalized spacial score (nSPS) is 13.6. The number of H-pyrrole nitrogens is 1. The second kappa shape index (κ2) is 2.92. The fourth-order valence-electron chi connectivity index (χ4n) is 0.689. The van der Waals surface area contributed by atoms with Gasteiger partial charge in [-0.25, -0.2) is 4.98 Å². The van der Waals surface area contributed by atoms with Crippen LogP contribution in [0.15, 0.2) is 12.4 Å². The van der Waals surface area contributed by atoms with Crippen molar-refractivity contribution in [1.82, 2.24) is 9.97 Å². The number of rotatable bonds is 2. The van der Waals surface area contributed by atoms with Crippen LogP contribution in [0.3, 0.4) is 0 Å². The van der Waals surface area contributed by atoms with Crippen molar-refractivity contribution in [1.29, 1.82) is 0 Å². The maximum absolute atomic E-state index is 4.22. The second-order valence-corrected chi connectivity index (χ2v) is 2.97. The zero-order valence-electron chi connectivity index (χ0n) is 5.33. The fraction of sp³-hybridized carbons (Fsp3) is 0.500. The summed E-state index contributed by atoms with van der Waals surface area (Å²) < 4.78 is 0. The van der Waals surface area contributed by atoms with E-state index in [1.165, 1.54) is 0 Å². The SMILES string of the molecule is C[C@H](S)Cc1ncc[nH]1. The van der Waals surface area contributed by atoms with Crippen molar-refractivity contribution < 1.29 is 0 Å². The average Bonchev–Trinajstić information content (AvgIpc) is 2.15. The molecule has 0 saturated heterocycles. The Kier molecular flexibility index (Phi) is 2.16. The first-order valence-corrected chi connectivity index (χ1v) is 3.47. The Balaban J connectivity index is 2.48. The number of thiol groups is 1. The van der Waals surface area contributed by atoms with Gasteiger partial charge in [-0.3, -0.25) is 0 Å². The number of imidazole rings is 1. The van der Waals surface area contributed by atoms with Gasteiger partial charge in [0.25, 0.3) is 0 Å². The molecule has 0 aliphatic carbocycles. The molecule has 1 rings (SSSR count). The smallest absolute Gasteiger partial charge is 0.107 e. The molecule has 0 spiro atoms. The second-order valence-electron chi connectivity index (χ2n) is 2.09. The summed E-state index contributed by atoms with van der Waals surface area (Å²) >= 11 is 4.22. The molecule has 0 bridgehead atoms. The molecule has 1 N–H and O–H groups in total. The Morgan fingerprint density at radius 3 is 3.11 bits per heavy atom. The van der Waals surface area contributed by atoms with Gasteiger partial charge in [-0.05, 0) is 0 Å². The third-order valence-electron chi connectivity index (χ3n) is 1.04. The van der Waals surface area contributed by atoms with Gasteiger partial charge < -0.3 is 4.98 Å². The van der Waals surface area contributed by atoms with Gasteiger partial charge in [0.15, 0.2) is 0 Å². The van der Waals surface area contributed by atoms with Crippen molar-refractivity contribution in [3.8, 4) is 0 Å². The van der Waals surface area contributed by atoms with Gasteiger partial charge in [-0.1, -0.05) is 6.92 Å². The van der Waals surface area contributed by atoms with Crippen molar-refractivity contribution in [3.63, 3.8) is 0 Å². The van der Waals surface area contributed by atoms with Crippen molar-refractivity contribution in [3.05, 3.63) is 18.2 Å². The molecule has 3 heteroatoms. The van der Waals surface area contributed by atoms with Crippen LogP contribution in [0.1, 0.15) is 12.7 Å². The summed E-state index contributed by atoms with van der Waals surface area (Å²) in [6.45, 7) is 2.05. The fourth-order valence-corrected chi connectivity index (χ4v) is 0.862. The molecule has 1 heterocycles. The van der Waals surface area contributed by atoms with Crippen molar-refractivity contribution in [2.45, 2.75) is 18.6 Å². The first kappa shape index (κ1) is 6.68. The van der Waals surface area contributed by atoms with Gasteiger partial charge in [0.1, 0.15) is 5.82 Å². The lowest BCUT2D eigenvalue weighted by molar-refractivity contribution is 0.878. The molecule has 0 aromatic carbocycles. The summed E-state index contributed by atoms with van der Waals surface area (Å²) in [5, 5.41) is 0.385. The first-order chi connectivity index (χ1) is 4.29. The molecule has 0 saturated carbocycles. The van der Waals surface area contributed by atoms with E-state index in [9.17, 15) is 0 Å². The minimum absolute atomic E-state index is 0.385. The van der Waals surface area contributed by atoms with Crippen LogP contribution in [0.25, 0.3) is 0 Å². The highest BCUT2D eigenvalue weighted by Crippen LogP contribution is 2.00. The molecular formula is C6H10N2S. The summed E-state index contributed by atoms with van der Waals surface area (Å²) in [5.41, 5.74) is 0. The predicted octanol–water partition coefficient (Wildman–Crippen LogP) is 1.27. The quantitative estimate of drug-likeness (QED) is 0.598. The summed E-state index contributed by atoms with van der Waals surface area (Å²) in [5.74, 6) is 1.01. The van der Waals surface area contributed by atoms with E-state index in [1.807, 2.05) is 13.1 Å². The Morgan fingerprint density at radius 1 is 1.89 bits per heavy atom. The van der Waals surface area contributed by atoms with Gasteiger partial charge in [0.05, 0.1) is 0 Å². The van der Waals surface area contributed by atoms with Crippen molar-refractivity contribution in [2.24, 2.45) is 0 Å². The molecule has 0 radical (unpaired) electrons. The number of hydrogen-bond acceptors (Lipinski definition) is 2. The molecule has 1 aromatic heterocycles. The first-order valence-electron chi connectivity index (χ1n) is 2.95. The third-order valence-corrected chi connectivity index (χ3v) is 1.23. The van der Waals surface area contributed by atoms with E-state index in [0.717, 1.165) is 12.2 Å². The molecule has 1 atom stereocenters. The molecular weight excluding hydrogens is 132 g/mol. The van der Waals surface area contributed by atoms with Crippen LogP contribution in [0, 0.1) is 0 Å². The highest BCUT2D eigenvalue weighted by Gasteiger charge is 1.97. The molecule has 0 amide bonds. The Hall–Kier alpha value is -0.440. The van der Waals surface area contributed by atoms with E-state index < -0.39 is 0 Å². The Bertz CT molecular complexity index is 158. The van der Waals surface area contributed by atoms with Gasteiger partial charge in [-0.15, -0.1) is 0 Å². The van der Waals surface area contributed by atoms with E-state index in [0.29, 0.717) is 5.25 Å². The monoisotopic (exact) mass is 142 g/mol. The largest absolute Gasteiger partial charge is 0.349 e. The van der Waals surface area contributed by atoms with Crippen LogP contribution < -0.4 is 0 Å². The number of aromatic nitrogens is 2. The minimum atomic E-state index is 0.385. The molecule has 9 heavy (non-hydrogen) atoms. The highest BCUT2D eigenvalue weighted by molar-refractivity contribution is 7.80.